The van der Waals surface area contributed by atoms with Gasteiger partial charge in [-0.2, -0.15) is 0 Å². The van der Waals surface area contributed by atoms with Crippen LogP contribution < -0.4 is 0 Å². The van der Waals surface area contributed by atoms with Crippen LogP contribution in [0.5, 0.6) is 0 Å². The van der Waals surface area contributed by atoms with Gasteiger partial charge in [-0.05, 0) is 113 Å². The highest BCUT2D eigenvalue weighted by Crippen LogP contribution is 2.65. The number of oxime groups is 1. The highest BCUT2D eigenvalue weighted by Gasteiger charge is 2.62. The molecular formula is C32H51NO3Si2. The first-order valence-corrected chi connectivity index (χ1v) is 21.9. The number of benzene rings is 1. The normalized spacial score (nSPS) is 38.3. The Kier molecular flexibility index (Phi) is 7.69. The molecule has 3 fully saturated rings. The molecule has 0 heterocycles. The first-order chi connectivity index (χ1) is 17.8. The third kappa shape index (κ3) is 5.66. The van der Waals surface area contributed by atoms with E-state index in [1.807, 2.05) is 6.07 Å². The molecule has 0 aliphatic heterocycles. The summed E-state index contributed by atoms with van der Waals surface area (Å²) in [6, 6.07) is 10.4. The lowest BCUT2D eigenvalue weighted by Crippen LogP contribution is -2.58. The van der Waals surface area contributed by atoms with Gasteiger partial charge >= 0.3 is 0 Å². The van der Waals surface area contributed by atoms with Crippen LogP contribution in [0.25, 0.3) is 0 Å². The van der Waals surface area contributed by atoms with Crippen molar-refractivity contribution in [2.24, 2.45) is 33.7 Å². The van der Waals surface area contributed by atoms with E-state index in [-0.39, 0.29) is 16.9 Å². The molecule has 6 heteroatoms. The van der Waals surface area contributed by atoms with E-state index < -0.39 is 16.6 Å². The summed E-state index contributed by atoms with van der Waals surface area (Å²) in [6.07, 6.45) is 11.4. The Morgan fingerprint density at radius 1 is 0.921 bits per heavy atom. The molecule has 4 aliphatic rings. The minimum atomic E-state index is -1.73. The molecule has 1 aromatic carbocycles. The van der Waals surface area contributed by atoms with Gasteiger partial charge in [-0.15, -0.1) is 0 Å². The number of fused-ring (bicyclic) bond motifs is 5. The van der Waals surface area contributed by atoms with Crippen LogP contribution in [0.1, 0.15) is 64.4 Å². The summed E-state index contributed by atoms with van der Waals surface area (Å²) >= 11 is 0. The maximum atomic E-state index is 7.16. The van der Waals surface area contributed by atoms with Crippen LogP contribution in [-0.4, -0.2) is 34.6 Å². The molecule has 0 N–H and O–H groups in total. The highest BCUT2D eigenvalue weighted by atomic mass is 28.4. The van der Waals surface area contributed by atoms with Crippen molar-refractivity contribution in [1.29, 1.82) is 0 Å². The van der Waals surface area contributed by atoms with Crippen molar-refractivity contribution in [2.75, 3.05) is 0 Å². The van der Waals surface area contributed by atoms with Crippen LogP contribution in [0.2, 0.25) is 39.3 Å². The molecule has 38 heavy (non-hydrogen) atoms. The lowest BCUT2D eigenvalue weighted by molar-refractivity contribution is -0.0944. The van der Waals surface area contributed by atoms with Crippen molar-refractivity contribution in [1.82, 2.24) is 0 Å². The molecule has 210 valence electrons. The Bertz CT molecular complexity index is 1060. The molecule has 0 radical (unpaired) electrons. The third-order valence-electron chi connectivity index (χ3n) is 9.99. The van der Waals surface area contributed by atoms with Gasteiger partial charge in [0.1, 0.15) is 6.61 Å². The van der Waals surface area contributed by atoms with E-state index in [0.717, 1.165) is 19.3 Å². The summed E-state index contributed by atoms with van der Waals surface area (Å²) in [6.45, 7) is 19.7. The summed E-state index contributed by atoms with van der Waals surface area (Å²) in [4.78, 5) is 5.98. The van der Waals surface area contributed by atoms with Gasteiger partial charge in [-0.1, -0.05) is 61.0 Å². The quantitative estimate of drug-likeness (QED) is 0.193. The Morgan fingerprint density at radius 2 is 1.63 bits per heavy atom. The van der Waals surface area contributed by atoms with Crippen molar-refractivity contribution in [3.63, 3.8) is 0 Å². The van der Waals surface area contributed by atoms with E-state index in [1.54, 1.807) is 5.57 Å². The fraction of sp³-hybridized carbons (Fsp3) is 0.719. The zero-order valence-corrected chi connectivity index (χ0v) is 27.2. The van der Waals surface area contributed by atoms with Gasteiger partial charge in [-0.25, -0.2) is 0 Å². The molecule has 3 saturated carbocycles. The van der Waals surface area contributed by atoms with Crippen LogP contribution in [0.3, 0.4) is 0 Å². The molecule has 4 aliphatic carbocycles. The van der Waals surface area contributed by atoms with E-state index in [1.165, 1.54) is 37.0 Å². The standard InChI is InChI=1S/C32H51NO3Si2/c1-31-19-18-25(35-37(3,4)5)20-24(31)14-15-26-27-16-17-29(33-34-22-23-12-10-9-11-13-23)32(27,2)21-28(30(26)31)36-38(6,7)8/h9-14,25-28,30H,15-22H2,1-8H3/b33-29+. The van der Waals surface area contributed by atoms with Crippen LogP contribution in [0.4, 0.5) is 0 Å². The molecule has 7 unspecified atom stereocenters. The molecule has 0 spiro atoms. The maximum absolute atomic E-state index is 7.16. The summed E-state index contributed by atoms with van der Waals surface area (Å²) in [5, 5.41) is 4.83. The third-order valence-corrected chi connectivity index (χ3v) is 12.0. The number of hydrogen-bond acceptors (Lipinski definition) is 4. The molecule has 0 bridgehead atoms. The summed E-state index contributed by atoms with van der Waals surface area (Å²) in [5.41, 5.74) is 4.39. The predicted molar refractivity (Wildman–Crippen MR) is 162 cm³/mol. The SMILES string of the molecule is CC12CCC(O[Si](C)(C)C)CC1=CCC1C2C(O[Si](C)(C)C)CC2(C)/C(=N/OCc3ccccc3)CCC12. The summed E-state index contributed by atoms with van der Waals surface area (Å²) in [5.74, 6) is 1.89. The number of allylic oxidation sites excluding steroid dienone is 1. The van der Waals surface area contributed by atoms with Gasteiger partial charge in [0.2, 0.25) is 0 Å². The van der Waals surface area contributed by atoms with Crippen molar-refractivity contribution >= 4 is 22.3 Å². The number of hydrogen-bond donors (Lipinski definition) is 0. The minimum absolute atomic E-state index is 0.0576. The van der Waals surface area contributed by atoms with Crippen molar-refractivity contribution in [3.05, 3.63) is 47.5 Å². The number of rotatable bonds is 7. The largest absolute Gasteiger partial charge is 0.414 e. The van der Waals surface area contributed by atoms with Crippen LogP contribution in [0.15, 0.2) is 47.1 Å². The van der Waals surface area contributed by atoms with E-state index in [9.17, 15) is 0 Å². The summed E-state index contributed by atoms with van der Waals surface area (Å²) < 4.78 is 13.8. The van der Waals surface area contributed by atoms with Gasteiger partial charge in [0.25, 0.3) is 0 Å². The molecule has 0 amide bonds. The van der Waals surface area contributed by atoms with Crippen molar-refractivity contribution in [2.45, 2.75) is 117 Å². The average molecular weight is 554 g/mol. The van der Waals surface area contributed by atoms with E-state index >= 15 is 0 Å². The first-order valence-electron chi connectivity index (χ1n) is 15.1. The van der Waals surface area contributed by atoms with Gasteiger partial charge in [0.05, 0.1) is 5.71 Å². The molecule has 1 aromatic rings. The zero-order chi connectivity index (χ0) is 27.3. The molecule has 0 aromatic heterocycles. The van der Waals surface area contributed by atoms with E-state index in [4.69, 9.17) is 18.8 Å². The van der Waals surface area contributed by atoms with Crippen LogP contribution >= 0.6 is 0 Å². The topological polar surface area (TPSA) is 40.0 Å². The predicted octanol–water partition coefficient (Wildman–Crippen LogP) is 8.57. The Morgan fingerprint density at radius 3 is 2.32 bits per heavy atom. The Labute approximate surface area is 233 Å². The Hall–Kier alpha value is -1.22. The monoisotopic (exact) mass is 553 g/mol. The van der Waals surface area contributed by atoms with Gasteiger partial charge < -0.3 is 13.7 Å². The second kappa shape index (κ2) is 10.3. The zero-order valence-electron chi connectivity index (χ0n) is 25.2. The molecule has 4 nitrogen and oxygen atoms in total. The average Bonchev–Trinajstić information content (AvgIpc) is 3.13. The molecule has 5 rings (SSSR count). The van der Waals surface area contributed by atoms with Gasteiger partial charge in [-0.3, -0.25) is 0 Å². The minimum Gasteiger partial charge on any atom is -0.414 e. The van der Waals surface area contributed by atoms with Crippen molar-refractivity contribution < 1.29 is 13.7 Å². The Balaban J connectivity index is 1.42. The molecule has 0 saturated heterocycles. The highest BCUT2D eigenvalue weighted by molar-refractivity contribution is 6.70. The van der Waals surface area contributed by atoms with Crippen molar-refractivity contribution in [3.8, 4) is 0 Å². The van der Waals surface area contributed by atoms with E-state index in [2.05, 4.69) is 83.5 Å². The van der Waals surface area contributed by atoms with Gasteiger partial charge in [0, 0.05) is 17.6 Å². The fourth-order valence-electron chi connectivity index (χ4n) is 8.59. The van der Waals surface area contributed by atoms with Crippen LogP contribution in [-0.2, 0) is 20.3 Å². The number of nitrogens with zero attached hydrogens (tertiary/aromatic N) is 1. The van der Waals surface area contributed by atoms with Crippen LogP contribution in [0, 0.1) is 28.6 Å². The molecular weight excluding hydrogens is 503 g/mol. The first kappa shape index (κ1) is 28.3. The second-order valence-corrected chi connectivity index (χ2v) is 23.9. The lowest BCUT2D eigenvalue weighted by Gasteiger charge is -2.60. The summed E-state index contributed by atoms with van der Waals surface area (Å²) in [7, 11) is -3.28. The molecule has 7 atom stereocenters. The fourth-order valence-corrected chi connectivity index (χ4v) is 10.9. The van der Waals surface area contributed by atoms with E-state index in [0.29, 0.717) is 30.5 Å². The smallest absolute Gasteiger partial charge is 0.184 e. The second-order valence-electron chi connectivity index (χ2n) is 15.0. The van der Waals surface area contributed by atoms with Gasteiger partial charge in [0.15, 0.2) is 16.6 Å². The maximum Gasteiger partial charge on any atom is 0.184 e. The lowest BCUT2D eigenvalue weighted by atomic mass is 9.47.